The van der Waals surface area contributed by atoms with E-state index in [0.29, 0.717) is 30.6 Å². The molecule has 3 aromatic rings. The molecule has 0 bridgehead atoms. The summed E-state index contributed by atoms with van der Waals surface area (Å²) in [5, 5.41) is 4.37. The Morgan fingerprint density at radius 2 is 1.93 bits per heavy atom. The molecule has 6 nitrogen and oxygen atoms in total. The Labute approximate surface area is 175 Å². The zero-order valence-electron chi connectivity index (χ0n) is 17.6. The smallest absolute Gasteiger partial charge is 0.407 e. The molecule has 0 radical (unpaired) electrons. The summed E-state index contributed by atoms with van der Waals surface area (Å²) in [5.74, 6) is 0. The summed E-state index contributed by atoms with van der Waals surface area (Å²) in [6, 6.07) is 13.8. The first-order valence-electron chi connectivity index (χ1n) is 10.2. The quantitative estimate of drug-likeness (QED) is 0.396. The molecule has 156 valence electrons. The van der Waals surface area contributed by atoms with Crippen molar-refractivity contribution in [2.24, 2.45) is 0 Å². The van der Waals surface area contributed by atoms with E-state index < -0.39 is 11.7 Å². The van der Waals surface area contributed by atoms with Crippen molar-refractivity contribution in [3.63, 3.8) is 0 Å². The predicted molar refractivity (Wildman–Crippen MR) is 120 cm³/mol. The van der Waals surface area contributed by atoms with E-state index >= 15 is 0 Å². The standard InChI is InChI=1S/C24H27N3O3/c1-24(2,3)30-23(29)26-11-6-12-27-21-17-8-5-4-7-15(17)13-19(21)18-10-9-16(25)14-20(18)22(27)28/h4-5,7-10,14H,6,11-13,25H2,1-3H3,(H,26,29). The van der Waals surface area contributed by atoms with Crippen LogP contribution in [0.5, 0.6) is 0 Å². The first kappa shape index (κ1) is 20.0. The number of amides is 1. The van der Waals surface area contributed by atoms with Gasteiger partial charge in [0.15, 0.2) is 0 Å². The van der Waals surface area contributed by atoms with Crippen molar-refractivity contribution in [3.8, 4) is 11.3 Å². The first-order chi connectivity index (χ1) is 14.2. The van der Waals surface area contributed by atoms with E-state index in [-0.39, 0.29) is 5.56 Å². The van der Waals surface area contributed by atoms with Crippen molar-refractivity contribution in [1.82, 2.24) is 9.88 Å². The molecule has 0 atom stereocenters. The van der Waals surface area contributed by atoms with Gasteiger partial charge < -0.3 is 20.4 Å². The third-order valence-electron chi connectivity index (χ3n) is 5.27. The Hall–Kier alpha value is -3.28. The van der Waals surface area contributed by atoms with Crippen molar-refractivity contribution in [2.45, 2.75) is 45.8 Å². The van der Waals surface area contributed by atoms with E-state index in [1.807, 2.05) is 49.6 Å². The van der Waals surface area contributed by atoms with Gasteiger partial charge in [-0.2, -0.15) is 0 Å². The van der Waals surface area contributed by atoms with E-state index in [1.54, 1.807) is 6.07 Å². The van der Waals surface area contributed by atoms with Crippen molar-refractivity contribution in [1.29, 1.82) is 0 Å². The topological polar surface area (TPSA) is 86.3 Å². The van der Waals surface area contributed by atoms with E-state index in [2.05, 4.69) is 17.4 Å². The molecule has 0 aliphatic heterocycles. The van der Waals surface area contributed by atoms with Gasteiger partial charge in [0.05, 0.1) is 5.69 Å². The summed E-state index contributed by atoms with van der Waals surface area (Å²) in [7, 11) is 0. The van der Waals surface area contributed by atoms with Crippen molar-refractivity contribution in [3.05, 3.63) is 63.9 Å². The monoisotopic (exact) mass is 405 g/mol. The highest BCUT2D eigenvalue weighted by Crippen LogP contribution is 2.39. The number of nitrogens with two attached hydrogens (primary N) is 1. The average Bonchev–Trinajstić information content (AvgIpc) is 3.05. The zero-order chi connectivity index (χ0) is 21.5. The number of nitrogens with zero attached hydrogens (tertiary/aromatic N) is 1. The van der Waals surface area contributed by atoms with Gasteiger partial charge in [0.2, 0.25) is 0 Å². The SMILES string of the molecule is CC(C)(C)OC(=O)NCCCn1c2c(c3ccc(N)cc3c1=O)Cc1ccccc1-2. The fraction of sp³-hybridized carbons (Fsp3) is 0.333. The van der Waals surface area contributed by atoms with Gasteiger partial charge in [-0.15, -0.1) is 0 Å². The lowest BCUT2D eigenvalue weighted by atomic mass is 10.0. The molecule has 1 aliphatic rings. The highest BCUT2D eigenvalue weighted by molar-refractivity contribution is 5.94. The second-order valence-corrected chi connectivity index (χ2v) is 8.71. The molecule has 0 saturated heterocycles. The molecule has 6 heteroatoms. The van der Waals surface area contributed by atoms with Gasteiger partial charge in [-0.3, -0.25) is 4.79 Å². The number of nitrogens with one attached hydrogen (secondary N) is 1. The Kier molecular flexibility index (Phi) is 5.02. The van der Waals surface area contributed by atoms with Gasteiger partial charge in [-0.25, -0.2) is 4.79 Å². The van der Waals surface area contributed by atoms with Gasteiger partial charge >= 0.3 is 6.09 Å². The van der Waals surface area contributed by atoms with Crippen LogP contribution in [0.3, 0.4) is 0 Å². The number of benzene rings is 2. The molecule has 1 heterocycles. The van der Waals surface area contributed by atoms with Crippen LogP contribution < -0.4 is 16.6 Å². The third-order valence-corrected chi connectivity index (χ3v) is 5.27. The van der Waals surface area contributed by atoms with Crippen LogP contribution >= 0.6 is 0 Å². The molecule has 4 rings (SSSR count). The Bertz CT molecular complexity index is 1190. The molecule has 2 aromatic carbocycles. The summed E-state index contributed by atoms with van der Waals surface area (Å²) in [5.41, 5.74) is 10.4. The number of nitrogen functional groups attached to an aromatic ring is 1. The van der Waals surface area contributed by atoms with E-state index in [0.717, 1.165) is 28.6 Å². The molecule has 3 N–H and O–H groups in total. The number of fused-ring (bicyclic) bond motifs is 5. The molecule has 1 aromatic heterocycles. The average molecular weight is 405 g/mol. The normalized spacial score (nSPS) is 12.5. The van der Waals surface area contributed by atoms with Gasteiger partial charge in [0.1, 0.15) is 5.60 Å². The van der Waals surface area contributed by atoms with Crippen LogP contribution in [-0.4, -0.2) is 22.8 Å². The Balaban J connectivity index is 1.66. The summed E-state index contributed by atoms with van der Waals surface area (Å²) in [4.78, 5) is 25.2. The maximum absolute atomic E-state index is 13.4. The lowest BCUT2D eigenvalue weighted by Gasteiger charge is -2.20. The van der Waals surface area contributed by atoms with Crippen LogP contribution in [0.15, 0.2) is 47.3 Å². The van der Waals surface area contributed by atoms with Crippen molar-refractivity contribution < 1.29 is 9.53 Å². The minimum absolute atomic E-state index is 0.0509. The lowest BCUT2D eigenvalue weighted by molar-refractivity contribution is 0.0526. The molecule has 1 amide bonds. The molecule has 0 fully saturated rings. The second-order valence-electron chi connectivity index (χ2n) is 8.71. The fourth-order valence-corrected chi connectivity index (χ4v) is 4.08. The molecule has 30 heavy (non-hydrogen) atoms. The number of rotatable bonds is 4. The van der Waals surface area contributed by atoms with Gasteiger partial charge in [-0.05, 0) is 55.8 Å². The van der Waals surface area contributed by atoms with E-state index in [1.165, 1.54) is 5.56 Å². The largest absolute Gasteiger partial charge is 0.444 e. The molecular formula is C24H27N3O3. The highest BCUT2D eigenvalue weighted by atomic mass is 16.6. The van der Waals surface area contributed by atoms with E-state index in [9.17, 15) is 9.59 Å². The second kappa shape index (κ2) is 7.52. The summed E-state index contributed by atoms with van der Waals surface area (Å²) in [6.07, 6.45) is 0.959. The molecule has 0 spiro atoms. The molecule has 1 aliphatic carbocycles. The Morgan fingerprint density at radius 3 is 2.70 bits per heavy atom. The number of carbonyl (C=O) groups is 1. The number of aromatic nitrogens is 1. The number of pyridine rings is 1. The molecular weight excluding hydrogens is 378 g/mol. The number of alkyl carbamates (subject to hydrolysis) is 1. The maximum atomic E-state index is 13.4. The van der Waals surface area contributed by atoms with Crippen molar-refractivity contribution >= 4 is 22.6 Å². The first-order valence-corrected chi connectivity index (χ1v) is 10.2. The van der Waals surface area contributed by atoms with Gasteiger partial charge in [-0.1, -0.05) is 30.3 Å². The molecule has 0 unspecified atom stereocenters. The number of hydrogen-bond acceptors (Lipinski definition) is 4. The van der Waals surface area contributed by atoms with Gasteiger partial charge in [0, 0.05) is 36.1 Å². The predicted octanol–water partition coefficient (Wildman–Crippen LogP) is 4.07. The van der Waals surface area contributed by atoms with Crippen LogP contribution in [0.1, 0.15) is 38.3 Å². The number of anilines is 1. The number of ether oxygens (including phenoxy) is 1. The number of hydrogen-bond donors (Lipinski definition) is 2. The minimum atomic E-state index is -0.538. The molecule has 0 saturated carbocycles. The van der Waals surface area contributed by atoms with Crippen LogP contribution in [0.2, 0.25) is 0 Å². The third kappa shape index (κ3) is 3.77. The fourth-order valence-electron chi connectivity index (χ4n) is 4.08. The van der Waals surface area contributed by atoms with Crippen LogP contribution in [0, 0.1) is 0 Å². The van der Waals surface area contributed by atoms with Crippen LogP contribution in [0.25, 0.3) is 22.0 Å². The Morgan fingerprint density at radius 1 is 1.17 bits per heavy atom. The van der Waals surface area contributed by atoms with Gasteiger partial charge in [0.25, 0.3) is 5.56 Å². The summed E-state index contributed by atoms with van der Waals surface area (Å²) < 4.78 is 7.11. The maximum Gasteiger partial charge on any atom is 0.407 e. The summed E-state index contributed by atoms with van der Waals surface area (Å²) in [6.45, 7) is 6.40. The van der Waals surface area contributed by atoms with Crippen LogP contribution in [-0.2, 0) is 17.7 Å². The lowest BCUT2D eigenvalue weighted by Crippen LogP contribution is -2.33. The van der Waals surface area contributed by atoms with Crippen molar-refractivity contribution in [2.75, 3.05) is 12.3 Å². The van der Waals surface area contributed by atoms with E-state index in [4.69, 9.17) is 10.5 Å². The minimum Gasteiger partial charge on any atom is -0.444 e. The highest BCUT2D eigenvalue weighted by Gasteiger charge is 2.25. The van der Waals surface area contributed by atoms with Crippen LogP contribution in [0.4, 0.5) is 10.5 Å². The summed E-state index contributed by atoms with van der Waals surface area (Å²) >= 11 is 0. The zero-order valence-corrected chi connectivity index (χ0v) is 17.6. The number of carbonyl (C=O) groups excluding carboxylic acids is 1.